The van der Waals surface area contributed by atoms with E-state index in [0.717, 1.165) is 40.6 Å². The Kier molecular flexibility index (Phi) is 5.09. The number of rotatable bonds is 6. The lowest BCUT2D eigenvalue weighted by atomic mass is 9.95. The molecule has 0 radical (unpaired) electrons. The van der Waals surface area contributed by atoms with Crippen molar-refractivity contribution in [2.45, 2.75) is 63.3 Å². The van der Waals surface area contributed by atoms with Crippen LogP contribution in [-0.4, -0.2) is 14.5 Å². The van der Waals surface area contributed by atoms with Gasteiger partial charge in [0, 0.05) is 21.0 Å². The number of nitrogens with one attached hydrogen (secondary N) is 1. The number of hydrogen-bond donors (Lipinski definition) is 1. The van der Waals surface area contributed by atoms with Crippen LogP contribution in [-0.2, 0) is 10.0 Å². The number of hydrogen-bond acceptors (Lipinski definition) is 3. The first-order valence-electron chi connectivity index (χ1n) is 8.53. The molecule has 5 heteroatoms. The van der Waals surface area contributed by atoms with E-state index in [1.54, 1.807) is 11.3 Å². The van der Waals surface area contributed by atoms with Crippen LogP contribution in [0.3, 0.4) is 0 Å². The van der Waals surface area contributed by atoms with Crippen LogP contribution in [0.15, 0.2) is 29.2 Å². The summed E-state index contributed by atoms with van der Waals surface area (Å²) < 4.78 is 30.2. The van der Waals surface area contributed by atoms with E-state index < -0.39 is 10.0 Å². The Morgan fingerprint density at radius 2 is 1.96 bits per heavy atom. The van der Waals surface area contributed by atoms with Crippen molar-refractivity contribution in [3.63, 3.8) is 0 Å². The van der Waals surface area contributed by atoms with Crippen LogP contribution in [0.2, 0.25) is 0 Å². The Morgan fingerprint density at radius 3 is 2.65 bits per heavy atom. The first-order valence-corrected chi connectivity index (χ1v) is 10.8. The molecular weight excluding hydrogens is 326 g/mol. The molecule has 0 bridgehead atoms. The monoisotopic (exact) mass is 351 g/mol. The summed E-state index contributed by atoms with van der Waals surface area (Å²) in [5, 5.41) is 0.851. The summed E-state index contributed by atoms with van der Waals surface area (Å²) in [5.74, 6) is 0.495. The second-order valence-corrected chi connectivity index (χ2v) is 9.45. The highest BCUT2D eigenvalue weighted by atomic mass is 32.2. The first-order chi connectivity index (χ1) is 11.0. The third-order valence-corrected chi connectivity index (χ3v) is 7.75. The van der Waals surface area contributed by atoms with Crippen LogP contribution in [0.25, 0.3) is 10.1 Å². The summed E-state index contributed by atoms with van der Waals surface area (Å²) in [6, 6.07) is 7.85. The topological polar surface area (TPSA) is 46.2 Å². The van der Waals surface area contributed by atoms with Crippen LogP contribution in [0.5, 0.6) is 0 Å². The molecule has 1 heterocycles. The van der Waals surface area contributed by atoms with Gasteiger partial charge in [0.25, 0.3) is 0 Å². The maximum atomic E-state index is 13.1. The van der Waals surface area contributed by atoms with Crippen molar-refractivity contribution in [1.82, 2.24) is 4.72 Å². The molecule has 1 aliphatic carbocycles. The van der Waals surface area contributed by atoms with Crippen molar-refractivity contribution in [1.29, 1.82) is 0 Å². The van der Waals surface area contributed by atoms with Gasteiger partial charge in [0.2, 0.25) is 10.0 Å². The summed E-state index contributed by atoms with van der Waals surface area (Å²) in [7, 11) is -3.47. The summed E-state index contributed by atoms with van der Waals surface area (Å²) >= 11 is 1.56. The third kappa shape index (κ3) is 3.47. The number of fused-ring (bicyclic) bond motifs is 1. The minimum atomic E-state index is -3.47. The van der Waals surface area contributed by atoms with E-state index in [0.29, 0.717) is 10.8 Å². The van der Waals surface area contributed by atoms with Crippen molar-refractivity contribution in [2.75, 3.05) is 0 Å². The van der Waals surface area contributed by atoms with E-state index in [1.807, 2.05) is 31.2 Å². The Hall–Kier alpha value is -0.910. The van der Waals surface area contributed by atoms with Crippen LogP contribution in [0.4, 0.5) is 0 Å². The Labute approximate surface area is 143 Å². The molecule has 0 aliphatic heterocycles. The van der Waals surface area contributed by atoms with Crippen molar-refractivity contribution >= 4 is 31.4 Å². The van der Waals surface area contributed by atoms with Gasteiger partial charge in [-0.15, -0.1) is 11.3 Å². The molecule has 2 aromatic rings. The largest absolute Gasteiger partial charge is 0.242 e. The standard InChI is InChI=1S/C18H25NO2S2/c1-3-8-16(14-9-4-5-10-14)19-23(20,21)18-13(2)22-17-12-7-6-11-15(17)18/h6-7,11-12,14,16,19H,3-5,8-10H2,1-2H3. The molecule has 23 heavy (non-hydrogen) atoms. The zero-order valence-electron chi connectivity index (χ0n) is 13.8. The number of thiophene rings is 1. The van der Waals surface area contributed by atoms with Gasteiger partial charge < -0.3 is 0 Å². The maximum Gasteiger partial charge on any atom is 0.242 e. The van der Waals surface area contributed by atoms with Crippen LogP contribution in [0.1, 0.15) is 50.3 Å². The van der Waals surface area contributed by atoms with E-state index in [9.17, 15) is 8.42 Å². The lowest BCUT2D eigenvalue weighted by Crippen LogP contribution is -2.39. The van der Waals surface area contributed by atoms with E-state index in [2.05, 4.69) is 11.6 Å². The fourth-order valence-electron chi connectivity index (χ4n) is 3.80. The second kappa shape index (κ2) is 6.91. The zero-order chi connectivity index (χ0) is 16.4. The van der Waals surface area contributed by atoms with Crippen molar-refractivity contribution < 1.29 is 8.42 Å². The molecule has 3 nitrogen and oxygen atoms in total. The minimum absolute atomic E-state index is 0.0746. The molecule has 0 saturated heterocycles. The molecule has 1 aromatic carbocycles. The quantitative estimate of drug-likeness (QED) is 0.809. The average molecular weight is 352 g/mol. The number of aryl methyl sites for hydroxylation is 1. The molecule has 1 aromatic heterocycles. The predicted molar refractivity (Wildman–Crippen MR) is 97.5 cm³/mol. The van der Waals surface area contributed by atoms with E-state index in [1.165, 1.54) is 12.8 Å². The van der Waals surface area contributed by atoms with Gasteiger partial charge in [-0.05, 0) is 38.2 Å². The third-order valence-electron chi connectivity index (χ3n) is 4.86. The van der Waals surface area contributed by atoms with E-state index in [4.69, 9.17) is 0 Å². The summed E-state index contributed by atoms with van der Waals surface area (Å²) in [6.45, 7) is 4.03. The van der Waals surface area contributed by atoms with Gasteiger partial charge >= 0.3 is 0 Å². The van der Waals surface area contributed by atoms with Gasteiger partial charge in [0.1, 0.15) is 4.90 Å². The summed E-state index contributed by atoms with van der Waals surface area (Å²) in [5.41, 5.74) is 0. The SMILES string of the molecule is CCCC(NS(=O)(=O)c1c(C)sc2ccccc12)C1CCCC1. The molecule has 0 spiro atoms. The molecule has 3 rings (SSSR count). The van der Waals surface area contributed by atoms with Gasteiger partial charge in [-0.2, -0.15) is 0 Å². The normalized spacial score (nSPS) is 17.8. The predicted octanol–water partition coefficient (Wildman–Crippen LogP) is 4.85. The average Bonchev–Trinajstić information content (AvgIpc) is 3.13. The Morgan fingerprint density at radius 1 is 1.26 bits per heavy atom. The fraction of sp³-hybridized carbons (Fsp3) is 0.556. The molecule has 1 aliphatic rings. The van der Waals surface area contributed by atoms with Gasteiger partial charge in [-0.25, -0.2) is 13.1 Å². The number of benzene rings is 1. The van der Waals surface area contributed by atoms with E-state index in [-0.39, 0.29) is 6.04 Å². The summed E-state index contributed by atoms with van der Waals surface area (Å²) in [6.07, 6.45) is 6.69. The molecular formula is C18H25NO2S2. The molecule has 1 N–H and O–H groups in total. The molecule has 1 atom stereocenters. The molecule has 126 valence electrons. The van der Waals surface area contributed by atoms with Crippen LogP contribution >= 0.6 is 11.3 Å². The lowest BCUT2D eigenvalue weighted by Gasteiger charge is -2.24. The molecule has 1 saturated carbocycles. The minimum Gasteiger partial charge on any atom is -0.208 e. The molecule has 1 unspecified atom stereocenters. The zero-order valence-corrected chi connectivity index (χ0v) is 15.5. The van der Waals surface area contributed by atoms with Crippen molar-refractivity contribution in [3.8, 4) is 0 Å². The van der Waals surface area contributed by atoms with Crippen molar-refractivity contribution in [3.05, 3.63) is 29.1 Å². The van der Waals surface area contributed by atoms with Gasteiger partial charge in [-0.1, -0.05) is 44.4 Å². The highest BCUT2D eigenvalue weighted by molar-refractivity contribution is 7.90. The smallest absolute Gasteiger partial charge is 0.208 e. The van der Waals surface area contributed by atoms with Crippen LogP contribution in [0, 0.1) is 12.8 Å². The first kappa shape index (κ1) is 16.9. The highest BCUT2D eigenvalue weighted by Crippen LogP contribution is 2.35. The highest BCUT2D eigenvalue weighted by Gasteiger charge is 2.30. The number of sulfonamides is 1. The van der Waals surface area contributed by atoms with E-state index >= 15 is 0 Å². The molecule has 1 fully saturated rings. The molecule has 0 amide bonds. The van der Waals surface area contributed by atoms with Gasteiger partial charge in [0.15, 0.2) is 0 Å². The summed E-state index contributed by atoms with van der Waals surface area (Å²) in [4.78, 5) is 1.36. The maximum absolute atomic E-state index is 13.1. The Bertz CT molecular complexity index is 773. The van der Waals surface area contributed by atoms with Crippen LogP contribution < -0.4 is 4.72 Å². The Balaban J connectivity index is 1.94. The van der Waals surface area contributed by atoms with Crippen molar-refractivity contribution in [2.24, 2.45) is 5.92 Å². The fourth-order valence-corrected chi connectivity index (χ4v) is 6.95. The lowest BCUT2D eigenvalue weighted by molar-refractivity contribution is 0.377. The van der Waals surface area contributed by atoms with Gasteiger partial charge in [-0.3, -0.25) is 0 Å². The van der Waals surface area contributed by atoms with Gasteiger partial charge in [0.05, 0.1) is 0 Å². The second-order valence-electron chi connectivity index (χ2n) is 6.54.